The highest BCUT2D eigenvalue weighted by Gasteiger charge is 2.06. The lowest BCUT2D eigenvalue weighted by Crippen LogP contribution is -2.08. The highest BCUT2D eigenvalue weighted by Crippen LogP contribution is 2.15. The van der Waals surface area contributed by atoms with Crippen LogP contribution in [0.2, 0.25) is 0 Å². The molecule has 0 unspecified atom stereocenters. The van der Waals surface area contributed by atoms with Crippen LogP contribution < -0.4 is 10.5 Å². The summed E-state index contributed by atoms with van der Waals surface area (Å²) in [6.45, 7) is 0.660. The predicted octanol–water partition coefficient (Wildman–Crippen LogP) is 1.22. The Morgan fingerprint density at radius 1 is 1.37 bits per heavy atom. The van der Waals surface area contributed by atoms with Crippen molar-refractivity contribution < 1.29 is 14.2 Å². The molecule has 3 N–H and O–H groups in total. The van der Waals surface area contributed by atoms with Crippen molar-refractivity contribution in [3.05, 3.63) is 41.8 Å². The van der Waals surface area contributed by atoms with Crippen molar-refractivity contribution in [2.75, 3.05) is 18.9 Å². The highest BCUT2D eigenvalue weighted by atomic mass is 19.1. The zero-order valence-corrected chi connectivity index (χ0v) is 10.4. The molecular formula is C13H16FN3O2. The SMILES string of the molecule is Nc1cc(CCOc2ccccc2F)nn1CCO. The van der Waals surface area contributed by atoms with Gasteiger partial charge in [-0.3, -0.25) is 0 Å². The number of hydrogen-bond donors (Lipinski definition) is 2. The van der Waals surface area contributed by atoms with Gasteiger partial charge < -0.3 is 15.6 Å². The number of aliphatic hydroxyl groups excluding tert-OH is 1. The average Bonchev–Trinajstić information content (AvgIpc) is 2.73. The summed E-state index contributed by atoms with van der Waals surface area (Å²) in [5.41, 5.74) is 6.48. The van der Waals surface area contributed by atoms with Crippen LogP contribution in [0, 0.1) is 5.82 Å². The van der Waals surface area contributed by atoms with Crippen LogP contribution in [-0.4, -0.2) is 28.1 Å². The molecular weight excluding hydrogens is 249 g/mol. The van der Waals surface area contributed by atoms with Crippen LogP contribution in [0.15, 0.2) is 30.3 Å². The standard InChI is InChI=1S/C13H16FN3O2/c14-11-3-1-2-4-12(11)19-8-5-10-9-13(15)17(16-10)6-7-18/h1-4,9,18H,5-8,15H2. The quantitative estimate of drug-likeness (QED) is 0.823. The summed E-state index contributed by atoms with van der Waals surface area (Å²) in [4.78, 5) is 0. The van der Waals surface area contributed by atoms with Gasteiger partial charge in [-0.2, -0.15) is 5.10 Å². The van der Waals surface area contributed by atoms with Gasteiger partial charge in [0.05, 0.1) is 25.5 Å². The second kappa shape index (κ2) is 6.19. The van der Waals surface area contributed by atoms with Crippen LogP contribution in [0.1, 0.15) is 5.69 Å². The van der Waals surface area contributed by atoms with E-state index in [2.05, 4.69) is 5.10 Å². The maximum atomic E-state index is 13.3. The molecule has 0 aliphatic heterocycles. The van der Waals surface area contributed by atoms with Gasteiger partial charge >= 0.3 is 0 Å². The molecule has 0 saturated heterocycles. The first-order valence-electron chi connectivity index (χ1n) is 6.01. The average molecular weight is 265 g/mol. The first kappa shape index (κ1) is 13.4. The molecule has 6 heteroatoms. The summed E-state index contributed by atoms with van der Waals surface area (Å²) >= 11 is 0. The van der Waals surface area contributed by atoms with E-state index < -0.39 is 0 Å². The summed E-state index contributed by atoms with van der Waals surface area (Å²) in [6, 6.07) is 7.98. The minimum absolute atomic E-state index is 0.0168. The molecule has 1 heterocycles. The summed E-state index contributed by atoms with van der Waals surface area (Å²) < 4.78 is 20.2. The summed E-state index contributed by atoms with van der Waals surface area (Å²) in [5, 5.41) is 13.0. The number of aromatic nitrogens is 2. The van der Waals surface area contributed by atoms with E-state index in [1.807, 2.05) is 0 Å². The van der Waals surface area contributed by atoms with Gasteiger partial charge in [0.15, 0.2) is 11.6 Å². The van der Waals surface area contributed by atoms with Crippen LogP contribution >= 0.6 is 0 Å². The van der Waals surface area contributed by atoms with Gasteiger partial charge in [-0.25, -0.2) is 9.07 Å². The summed E-state index contributed by atoms with van der Waals surface area (Å²) in [6.07, 6.45) is 0.525. The topological polar surface area (TPSA) is 73.3 Å². The summed E-state index contributed by atoms with van der Waals surface area (Å²) in [7, 11) is 0. The molecule has 0 radical (unpaired) electrons. The number of para-hydroxylation sites is 1. The maximum absolute atomic E-state index is 13.3. The molecule has 0 aliphatic rings. The molecule has 0 saturated carbocycles. The molecule has 0 amide bonds. The number of nitrogens with zero attached hydrogens (tertiary/aromatic N) is 2. The van der Waals surface area contributed by atoms with E-state index in [4.69, 9.17) is 15.6 Å². The molecule has 19 heavy (non-hydrogen) atoms. The summed E-state index contributed by atoms with van der Waals surface area (Å²) in [5.74, 6) is 0.341. The van der Waals surface area contributed by atoms with Crippen molar-refractivity contribution >= 4 is 5.82 Å². The van der Waals surface area contributed by atoms with Crippen molar-refractivity contribution in [1.29, 1.82) is 0 Å². The van der Waals surface area contributed by atoms with E-state index in [-0.39, 0.29) is 18.2 Å². The molecule has 102 valence electrons. The minimum Gasteiger partial charge on any atom is -0.490 e. The molecule has 1 aromatic heterocycles. The Hall–Kier alpha value is -2.08. The molecule has 1 aromatic carbocycles. The van der Waals surface area contributed by atoms with Crippen LogP contribution in [0.25, 0.3) is 0 Å². The number of hydrogen-bond acceptors (Lipinski definition) is 4. The molecule has 0 fully saturated rings. The van der Waals surface area contributed by atoms with Gasteiger partial charge in [0.25, 0.3) is 0 Å². The Balaban J connectivity index is 1.89. The molecule has 2 rings (SSSR count). The van der Waals surface area contributed by atoms with Crippen LogP contribution in [0.4, 0.5) is 10.2 Å². The Bertz CT molecular complexity index is 542. The minimum atomic E-state index is -0.382. The Morgan fingerprint density at radius 2 is 2.16 bits per heavy atom. The first-order valence-corrected chi connectivity index (χ1v) is 6.01. The first-order chi connectivity index (χ1) is 9.20. The number of nitrogen functional groups attached to an aromatic ring is 1. The van der Waals surface area contributed by atoms with Crippen molar-refractivity contribution in [2.24, 2.45) is 0 Å². The lowest BCUT2D eigenvalue weighted by Gasteiger charge is -2.05. The van der Waals surface area contributed by atoms with Gasteiger partial charge in [0, 0.05) is 12.5 Å². The zero-order chi connectivity index (χ0) is 13.7. The lowest BCUT2D eigenvalue weighted by atomic mass is 10.3. The molecule has 2 aromatic rings. The van der Waals surface area contributed by atoms with Crippen molar-refractivity contribution in [3.63, 3.8) is 0 Å². The van der Waals surface area contributed by atoms with E-state index in [0.717, 1.165) is 5.69 Å². The van der Waals surface area contributed by atoms with Crippen LogP contribution in [0.5, 0.6) is 5.75 Å². The smallest absolute Gasteiger partial charge is 0.165 e. The van der Waals surface area contributed by atoms with Gasteiger partial charge in [0.2, 0.25) is 0 Å². The van der Waals surface area contributed by atoms with Crippen LogP contribution in [0.3, 0.4) is 0 Å². The van der Waals surface area contributed by atoms with Crippen molar-refractivity contribution in [3.8, 4) is 5.75 Å². The number of aliphatic hydroxyl groups is 1. The van der Waals surface area contributed by atoms with Gasteiger partial charge in [-0.15, -0.1) is 0 Å². The van der Waals surface area contributed by atoms with E-state index in [1.165, 1.54) is 10.7 Å². The second-order valence-electron chi connectivity index (χ2n) is 4.04. The molecule has 0 atom stereocenters. The fraction of sp³-hybridized carbons (Fsp3) is 0.308. The molecule has 0 bridgehead atoms. The number of benzene rings is 1. The zero-order valence-electron chi connectivity index (χ0n) is 10.4. The third kappa shape index (κ3) is 3.45. The lowest BCUT2D eigenvalue weighted by molar-refractivity contribution is 0.269. The Kier molecular flexibility index (Phi) is 4.35. The highest BCUT2D eigenvalue weighted by molar-refractivity contribution is 5.31. The fourth-order valence-corrected chi connectivity index (χ4v) is 1.71. The predicted molar refractivity (Wildman–Crippen MR) is 69.3 cm³/mol. The monoisotopic (exact) mass is 265 g/mol. The molecule has 0 spiro atoms. The van der Waals surface area contributed by atoms with E-state index >= 15 is 0 Å². The van der Waals surface area contributed by atoms with Gasteiger partial charge in [-0.1, -0.05) is 12.1 Å². The van der Waals surface area contributed by atoms with Crippen molar-refractivity contribution in [2.45, 2.75) is 13.0 Å². The number of rotatable bonds is 6. The normalized spacial score (nSPS) is 10.6. The Morgan fingerprint density at radius 3 is 2.89 bits per heavy atom. The van der Waals surface area contributed by atoms with E-state index in [0.29, 0.717) is 25.4 Å². The third-order valence-corrected chi connectivity index (χ3v) is 2.63. The number of anilines is 1. The number of nitrogens with two attached hydrogens (primary N) is 1. The third-order valence-electron chi connectivity index (χ3n) is 2.63. The number of ether oxygens (including phenoxy) is 1. The Labute approximate surface area is 110 Å². The van der Waals surface area contributed by atoms with Gasteiger partial charge in [0.1, 0.15) is 5.82 Å². The van der Waals surface area contributed by atoms with Crippen molar-refractivity contribution in [1.82, 2.24) is 9.78 Å². The molecule has 0 aliphatic carbocycles. The molecule has 5 nitrogen and oxygen atoms in total. The van der Waals surface area contributed by atoms with E-state index in [1.54, 1.807) is 24.3 Å². The number of halogens is 1. The maximum Gasteiger partial charge on any atom is 0.165 e. The van der Waals surface area contributed by atoms with E-state index in [9.17, 15) is 4.39 Å². The fourth-order valence-electron chi connectivity index (χ4n) is 1.71. The second-order valence-corrected chi connectivity index (χ2v) is 4.04. The van der Waals surface area contributed by atoms with Gasteiger partial charge in [-0.05, 0) is 12.1 Å². The van der Waals surface area contributed by atoms with Crippen LogP contribution in [-0.2, 0) is 13.0 Å². The largest absolute Gasteiger partial charge is 0.490 e.